The largest absolute Gasteiger partial charge is 0.497 e. The number of nitrogens with one attached hydrogen (secondary N) is 1. The zero-order valence-corrected chi connectivity index (χ0v) is 24.7. The lowest BCUT2D eigenvalue weighted by Gasteiger charge is -2.38. The Hall–Kier alpha value is -5.17. The van der Waals surface area contributed by atoms with Crippen molar-refractivity contribution in [1.82, 2.24) is 4.90 Å². The molecule has 4 atom stereocenters. The molecule has 1 saturated heterocycles. The van der Waals surface area contributed by atoms with Crippen molar-refractivity contribution >= 4 is 29.2 Å². The van der Waals surface area contributed by atoms with Gasteiger partial charge in [0.15, 0.2) is 11.6 Å². The zero-order valence-electron chi connectivity index (χ0n) is 24.7. The number of carbonyl (C=O) groups is 3. The summed E-state index contributed by atoms with van der Waals surface area (Å²) in [6.07, 6.45) is 3.80. The predicted molar refractivity (Wildman–Crippen MR) is 168 cm³/mol. The summed E-state index contributed by atoms with van der Waals surface area (Å²) >= 11 is 0. The fourth-order valence-electron chi connectivity index (χ4n) is 7.26. The van der Waals surface area contributed by atoms with Gasteiger partial charge in [0.1, 0.15) is 23.0 Å². The first kappa shape index (κ1) is 27.7. The van der Waals surface area contributed by atoms with Crippen LogP contribution in [0.3, 0.4) is 0 Å². The summed E-state index contributed by atoms with van der Waals surface area (Å²) in [6.45, 7) is 3.88. The molecular weight excluding hydrogens is 552 g/mol. The maximum Gasteiger partial charge on any atom is 0.238 e. The van der Waals surface area contributed by atoms with Crippen molar-refractivity contribution < 1.29 is 23.9 Å². The van der Waals surface area contributed by atoms with Crippen molar-refractivity contribution in [2.45, 2.75) is 37.5 Å². The molecule has 0 aromatic heterocycles. The van der Waals surface area contributed by atoms with Gasteiger partial charge in [0.2, 0.25) is 5.91 Å². The van der Waals surface area contributed by atoms with Crippen LogP contribution in [-0.4, -0.2) is 41.6 Å². The summed E-state index contributed by atoms with van der Waals surface area (Å²) in [5.41, 5.74) is 2.62. The van der Waals surface area contributed by atoms with Crippen LogP contribution in [0.5, 0.6) is 11.5 Å². The maximum absolute atomic E-state index is 15.0. The number of benzene rings is 4. The molecule has 1 fully saturated rings. The highest BCUT2D eigenvalue weighted by Crippen LogP contribution is 2.62. The van der Waals surface area contributed by atoms with E-state index in [0.717, 1.165) is 11.1 Å². The molecule has 4 aromatic carbocycles. The van der Waals surface area contributed by atoms with Gasteiger partial charge >= 0.3 is 0 Å². The van der Waals surface area contributed by atoms with Gasteiger partial charge in [-0.2, -0.15) is 0 Å². The highest BCUT2D eigenvalue weighted by molar-refractivity contribution is 6.16. The molecule has 7 heteroatoms. The summed E-state index contributed by atoms with van der Waals surface area (Å²) < 4.78 is 11.3. The van der Waals surface area contributed by atoms with Gasteiger partial charge in [-0.25, -0.2) is 0 Å². The van der Waals surface area contributed by atoms with Crippen molar-refractivity contribution in [2.24, 2.45) is 5.92 Å². The van der Waals surface area contributed by atoms with Gasteiger partial charge in [0, 0.05) is 23.0 Å². The molecule has 0 saturated carbocycles. The van der Waals surface area contributed by atoms with Gasteiger partial charge < -0.3 is 19.7 Å². The SMILES string of the molecule is COc1cccc(C(=O)[C@@H]2[C@@H](C(=O)c3ccc(OC(C)C)cc3)[C@@]3(C(=O)Nc4ccccc43)[C@H]3c4ccccc4C=CN23)c1. The molecule has 44 heavy (non-hydrogen) atoms. The highest BCUT2D eigenvalue weighted by Gasteiger charge is 2.70. The van der Waals surface area contributed by atoms with Crippen molar-refractivity contribution in [3.63, 3.8) is 0 Å². The van der Waals surface area contributed by atoms with Crippen LogP contribution in [0.15, 0.2) is 103 Å². The van der Waals surface area contributed by atoms with E-state index in [1.54, 1.807) is 55.6 Å². The molecule has 0 aliphatic carbocycles. The lowest BCUT2D eigenvalue weighted by Crippen LogP contribution is -2.49. The number of Topliss-reactive ketones (excluding diaryl/α,β-unsaturated/α-hetero) is 2. The van der Waals surface area contributed by atoms with Crippen molar-refractivity contribution in [1.29, 1.82) is 0 Å². The summed E-state index contributed by atoms with van der Waals surface area (Å²) in [6, 6.07) is 27.7. The van der Waals surface area contributed by atoms with Crippen LogP contribution < -0.4 is 14.8 Å². The molecule has 4 aromatic rings. The van der Waals surface area contributed by atoms with Gasteiger partial charge in [-0.15, -0.1) is 0 Å². The topological polar surface area (TPSA) is 84.9 Å². The third kappa shape index (κ3) is 4.07. The van der Waals surface area contributed by atoms with Gasteiger partial charge in [-0.05, 0) is 79.1 Å². The Kier molecular flexibility index (Phi) is 6.61. The smallest absolute Gasteiger partial charge is 0.238 e. The van der Waals surface area contributed by atoms with Crippen LogP contribution in [0.4, 0.5) is 5.69 Å². The zero-order chi connectivity index (χ0) is 30.6. The molecule has 0 unspecified atom stereocenters. The predicted octanol–water partition coefficient (Wildman–Crippen LogP) is 6.46. The third-order valence-electron chi connectivity index (χ3n) is 8.99. The first-order valence-electron chi connectivity index (χ1n) is 14.8. The fraction of sp³-hybridized carbons (Fsp3) is 0.216. The summed E-state index contributed by atoms with van der Waals surface area (Å²) in [7, 11) is 1.55. The van der Waals surface area contributed by atoms with E-state index in [0.29, 0.717) is 33.9 Å². The average Bonchev–Trinajstić information content (AvgIpc) is 3.52. The van der Waals surface area contributed by atoms with Crippen molar-refractivity contribution in [3.05, 3.63) is 131 Å². The normalized spacial score (nSPS) is 22.8. The Balaban J connectivity index is 1.48. The van der Waals surface area contributed by atoms with Crippen molar-refractivity contribution in [2.75, 3.05) is 12.4 Å². The number of anilines is 1. The maximum atomic E-state index is 15.0. The molecular formula is C37H32N2O5. The lowest BCUT2D eigenvalue weighted by atomic mass is 9.62. The summed E-state index contributed by atoms with van der Waals surface area (Å²) in [5.74, 6) is -0.716. The number of carbonyl (C=O) groups excluding carboxylic acids is 3. The molecule has 1 spiro atoms. The number of rotatable bonds is 7. The molecule has 0 bridgehead atoms. The second kappa shape index (κ2) is 10.5. The van der Waals surface area contributed by atoms with E-state index in [2.05, 4.69) is 5.32 Å². The molecule has 1 N–H and O–H groups in total. The van der Waals surface area contributed by atoms with Crippen LogP contribution in [-0.2, 0) is 10.2 Å². The third-order valence-corrected chi connectivity index (χ3v) is 8.99. The second-order valence-electron chi connectivity index (χ2n) is 11.7. The molecule has 7 nitrogen and oxygen atoms in total. The summed E-state index contributed by atoms with van der Waals surface area (Å²) in [5, 5.41) is 3.09. The summed E-state index contributed by atoms with van der Waals surface area (Å²) in [4.78, 5) is 46.2. The molecule has 0 radical (unpaired) electrons. The minimum absolute atomic E-state index is 0.0269. The van der Waals surface area contributed by atoms with Crippen LogP contribution in [0, 0.1) is 5.92 Å². The Morgan fingerprint density at radius 3 is 2.36 bits per heavy atom. The number of nitrogens with zero attached hydrogens (tertiary/aromatic N) is 1. The molecule has 1 amide bonds. The minimum Gasteiger partial charge on any atom is -0.497 e. The van der Waals surface area contributed by atoms with Crippen LogP contribution in [0.2, 0.25) is 0 Å². The fourth-order valence-corrected chi connectivity index (χ4v) is 7.26. The van der Waals surface area contributed by atoms with Gasteiger partial charge in [-0.1, -0.05) is 54.6 Å². The van der Waals surface area contributed by atoms with E-state index in [1.165, 1.54) is 0 Å². The number of hydrogen-bond acceptors (Lipinski definition) is 6. The average molecular weight is 585 g/mol. The molecule has 220 valence electrons. The van der Waals surface area contributed by atoms with Gasteiger partial charge in [0.05, 0.1) is 25.2 Å². The molecule has 3 heterocycles. The first-order chi connectivity index (χ1) is 21.3. The van der Waals surface area contributed by atoms with Gasteiger partial charge in [0.25, 0.3) is 0 Å². The Morgan fingerprint density at radius 2 is 1.59 bits per heavy atom. The lowest BCUT2D eigenvalue weighted by molar-refractivity contribution is -0.122. The minimum atomic E-state index is -1.39. The van der Waals surface area contributed by atoms with Crippen molar-refractivity contribution in [3.8, 4) is 11.5 Å². The van der Waals surface area contributed by atoms with E-state index >= 15 is 0 Å². The van der Waals surface area contributed by atoms with E-state index < -0.39 is 23.4 Å². The van der Waals surface area contributed by atoms with Crippen LogP contribution in [0.25, 0.3) is 6.08 Å². The van der Waals surface area contributed by atoms with E-state index in [-0.39, 0.29) is 23.6 Å². The molecule has 3 aliphatic heterocycles. The Labute approximate surface area is 256 Å². The number of para-hydroxylation sites is 1. The quantitative estimate of drug-likeness (QED) is 0.251. The number of amides is 1. The molecule has 7 rings (SSSR count). The van der Waals surface area contributed by atoms with Crippen LogP contribution >= 0.6 is 0 Å². The Bertz CT molecular complexity index is 1830. The Morgan fingerprint density at radius 1 is 0.841 bits per heavy atom. The van der Waals surface area contributed by atoms with Crippen LogP contribution in [0.1, 0.15) is 57.3 Å². The second-order valence-corrected chi connectivity index (χ2v) is 11.7. The highest BCUT2D eigenvalue weighted by atomic mass is 16.5. The monoisotopic (exact) mass is 584 g/mol. The standard InChI is InChI=1S/C37H32N2O5/c1-22(2)44-26-17-15-24(16-18-26)33(40)31-32(34(41)25-10-8-11-27(21-25)43-3)39-20-19-23-9-4-5-12-28(23)35(39)37(31)29-13-6-7-14-30(29)38-36(37)42/h4-22,31-32,35H,1-3H3,(H,38,42)/t31-,32-,35+,37+/m0/s1. The number of ketones is 2. The number of fused-ring (bicyclic) bond motifs is 6. The number of methoxy groups -OCH3 is 1. The number of ether oxygens (including phenoxy) is 2. The van der Waals surface area contributed by atoms with Gasteiger partial charge in [-0.3, -0.25) is 14.4 Å². The molecule has 3 aliphatic rings. The van der Waals surface area contributed by atoms with E-state index in [9.17, 15) is 14.4 Å². The van der Waals surface area contributed by atoms with E-state index in [1.807, 2.05) is 79.6 Å². The van der Waals surface area contributed by atoms with E-state index in [4.69, 9.17) is 9.47 Å². The number of hydrogen-bond donors (Lipinski definition) is 1. The first-order valence-corrected chi connectivity index (χ1v) is 14.8.